The lowest BCUT2D eigenvalue weighted by Crippen LogP contribution is -2.47. The normalized spacial score (nSPS) is 18.7. The van der Waals surface area contributed by atoms with Gasteiger partial charge in [0.15, 0.2) is 0 Å². The Kier molecular flexibility index (Phi) is 3.15. The third-order valence-electron chi connectivity index (χ3n) is 2.87. The Hall–Kier alpha value is -1.05. The molecule has 0 spiro atoms. The number of hydrogen-bond donors (Lipinski definition) is 2. The molecule has 1 aliphatic rings. The summed E-state index contributed by atoms with van der Waals surface area (Å²) in [7, 11) is -3.80. The number of halogens is 1. The van der Waals surface area contributed by atoms with Gasteiger partial charge in [0.1, 0.15) is 10.7 Å². The highest BCUT2D eigenvalue weighted by Crippen LogP contribution is 2.30. The van der Waals surface area contributed by atoms with Gasteiger partial charge >= 0.3 is 0 Å². The Labute approximate surface area is 98.7 Å². The van der Waals surface area contributed by atoms with Crippen molar-refractivity contribution in [1.82, 2.24) is 9.71 Å². The van der Waals surface area contributed by atoms with Crippen LogP contribution in [0.4, 0.5) is 4.39 Å². The fraction of sp³-hybridized carbons (Fsp3) is 0.500. The minimum atomic E-state index is -3.80. The Balaban J connectivity index is 2.08. The topological polar surface area (TPSA) is 79.3 Å². The maximum atomic E-state index is 12.8. The first-order chi connectivity index (χ1) is 7.91. The van der Waals surface area contributed by atoms with Gasteiger partial charge in [-0.15, -0.1) is 0 Å². The first kappa shape index (κ1) is 12.4. The van der Waals surface area contributed by atoms with E-state index in [4.69, 9.17) is 0 Å². The lowest BCUT2D eigenvalue weighted by Gasteiger charge is -2.36. The van der Waals surface area contributed by atoms with E-state index in [1.165, 1.54) is 0 Å². The smallest absolute Gasteiger partial charge is 0.242 e. The molecule has 2 N–H and O–H groups in total. The van der Waals surface area contributed by atoms with Crippen molar-refractivity contribution in [2.24, 2.45) is 0 Å². The second kappa shape index (κ2) is 4.32. The van der Waals surface area contributed by atoms with Crippen LogP contribution < -0.4 is 4.72 Å². The third kappa shape index (κ3) is 2.80. The predicted molar refractivity (Wildman–Crippen MR) is 58.2 cm³/mol. The molecule has 0 aliphatic heterocycles. The van der Waals surface area contributed by atoms with Crippen molar-refractivity contribution in [3.05, 3.63) is 24.3 Å². The van der Waals surface area contributed by atoms with Gasteiger partial charge in [0.25, 0.3) is 0 Å². The van der Waals surface area contributed by atoms with Gasteiger partial charge in [0.05, 0.1) is 11.8 Å². The fourth-order valence-electron chi connectivity index (χ4n) is 1.61. The van der Waals surface area contributed by atoms with Crippen molar-refractivity contribution < 1.29 is 17.9 Å². The zero-order valence-electron chi connectivity index (χ0n) is 9.06. The van der Waals surface area contributed by atoms with Gasteiger partial charge in [-0.3, -0.25) is 4.98 Å². The number of sulfonamides is 1. The predicted octanol–water partition coefficient (Wildman–Crippen LogP) is 0.414. The molecule has 0 atom stereocenters. The van der Waals surface area contributed by atoms with Gasteiger partial charge in [-0.25, -0.2) is 17.5 Å². The second-order valence-corrected chi connectivity index (χ2v) is 6.01. The third-order valence-corrected chi connectivity index (χ3v) is 4.23. The van der Waals surface area contributed by atoms with Crippen LogP contribution in [0, 0.1) is 5.82 Å². The SMILES string of the molecule is O=S(=O)(NCC1(O)CCC1)c1cncc(F)c1. The van der Waals surface area contributed by atoms with Crippen molar-refractivity contribution >= 4 is 10.0 Å². The summed E-state index contributed by atoms with van der Waals surface area (Å²) in [4.78, 5) is 3.24. The molecule has 1 fully saturated rings. The maximum Gasteiger partial charge on any atom is 0.242 e. The summed E-state index contributed by atoms with van der Waals surface area (Å²) in [6.07, 6.45) is 4.04. The molecule has 1 aliphatic carbocycles. The second-order valence-electron chi connectivity index (χ2n) is 4.24. The van der Waals surface area contributed by atoms with Crippen LogP contribution in [0.1, 0.15) is 19.3 Å². The van der Waals surface area contributed by atoms with E-state index in [9.17, 15) is 17.9 Å². The van der Waals surface area contributed by atoms with E-state index in [1.54, 1.807) is 0 Å². The highest BCUT2D eigenvalue weighted by molar-refractivity contribution is 7.89. The van der Waals surface area contributed by atoms with Crippen LogP contribution in [0.3, 0.4) is 0 Å². The molecule has 2 rings (SSSR count). The number of rotatable bonds is 4. The van der Waals surface area contributed by atoms with Crippen molar-refractivity contribution in [3.8, 4) is 0 Å². The quantitative estimate of drug-likeness (QED) is 0.822. The van der Waals surface area contributed by atoms with Crippen molar-refractivity contribution in [2.45, 2.75) is 29.8 Å². The number of pyridine rings is 1. The Bertz CT molecular complexity index is 514. The van der Waals surface area contributed by atoms with E-state index >= 15 is 0 Å². The summed E-state index contributed by atoms with van der Waals surface area (Å²) in [5, 5.41) is 9.76. The molecule has 1 saturated carbocycles. The zero-order chi connectivity index (χ0) is 12.5. The van der Waals surface area contributed by atoms with Crippen LogP contribution in [0.5, 0.6) is 0 Å². The van der Waals surface area contributed by atoms with Crippen LogP contribution >= 0.6 is 0 Å². The maximum absolute atomic E-state index is 12.8. The van der Waals surface area contributed by atoms with Gasteiger partial charge < -0.3 is 5.11 Å². The van der Waals surface area contributed by atoms with E-state index < -0.39 is 21.4 Å². The van der Waals surface area contributed by atoms with Crippen LogP contribution in [0.2, 0.25) is 0 Å². The van der Waals surface area contributed by atoms with E-state index in [1.807, 2.05) is 0 Å². The van der Waals surface area contributed by atoms with E-state index in [0.29, 0.717) is 12.8 Å². The minimum Gasteiger partial charge on any atom is -0.389 e. The zero-order valence-corrected chi connectivity index (χ0v) is 9.87. The molecule has 1 heterocycles. The van der Waals surface area contributed by atoms with Crippen LogP contribution in [-0.2, 0) is 10.0 Å². The average Bonchev–Trinajstić information content (AvgIpc) is 2.24. The summed E-state index contributed by atoms with van der Waals surface area (Å²) in [6.45, 7) is -0.0498. The summed E-state index contributed by atoms with van der Waals surface area (Å²) in [5.41, 5.74) is -0.951. The molecule has 0 saturated heterocycles. The standard InChI is InChI=1S/C10H13FN2O3S/c11-8-4-9(6-12-5-8)17(15,16)13-7-10(14)2-1-3-10/h4-6,13-14H,1-3,7H2. The molecule has 0 amide bonds. The Morgan fingerprint density at radius 3 is 2.71 bits per heavy atom. The first-order valence-electron chi connectivity index (χ1n) is 5.24. The monoisotopic (exact) mass is 260 g/mol. The number of nitrogens with zero attached hydrogens (tertiary/aromatic N) is 1. The first-order valence-corrected chi connectivity index (χ1v) is 6.72. The van der Waals surface area contributed by atoms with Crippen molar-refractivity contribution in [1.29, 1.82) is 0 Å². The van der Waals surface area contributed by atoms with Gasteiger partial charge in [-0.1, -0.05) is 0 Å². The molecule has 17 heavy (non-hydrogen) atoms. The lowest BCUT2D eigenvalue weighted by molar-refractivity contribution is -0.0270. The highest BCUT2D eigenvalue weighted by Gasteiger charge is 2.35. The molecule has 0 radical (unpaired) electrons. The molecule has 1 aromatic rings. The number of nitrogens with one attached hydrogen (secondary N) is 1. The van der Waals surface area contributed by atoms with Gasteiger partial charge in [0.2, 0.25) is 10.0 Å². The average molecular weight is 260 g/mol. The number of aromatic nitrogens is 1. The molecule has 0 bridgehead atoms. The molecule has 5 nitrogen and oxygen atoms in total. The fourth-order valence-corrected chi connectivity index (χ4v) is 2.71. The summed E-state index contributed by atoms with van der Waals surface area (Å²) < 4.78 is 38.6. The van der Waals surface area contributed by atoms with Gasteiger partial charge in [0, 0.05) is 12.7 Å². The van der Waals surface area contributed by atoms with E-state index in [-0.39, 0.29) is 11.4 Å². The summed E-state index contributed by atoms with van der Waals surface area (Å²) >= 11 is 0. The van der Waals surface area contributed by atoms with Gasteiger partial charge in [-0.05, 0) is 25.3 Å². The molecule has 94 valence electrons. The molecular weight excluding hydrogens is 247 g/mol. The lowest BCUT2D eigenvalue weighted by atomic mass is 9.81. The number of hydrogen-bond acceptors (Lipinski definition) is 4. The minimum absolute atomic E-state index is 0.0498. The van der Waals surface area contributed by atoms with E-state index in [0.717, 1.165) is 24.9 Å². The molecule has 0 unspecified atom stereocenters. The molecule has 1 aromatic heterocycles. The van der Waals surface area contributed by atoms with E-state index in [2.05, 4.69) is 9.71 Å². The Morgan fingerprint density at radius 1 is 1.47 bits per heavy atom. The summed E-state index contributed by atoms with van der Waals surface area (Å²) in [6, 6.07) is 0.889. The number of aliphatic hydroxyl groups is 1. The van der Waals surface area contributed by atoms with Crippen LogP contribution in [0.25, 0.3) is 0 Å². The van der Waals surface area contributed by atoms with Gasteiger partial charge in [-0.2, -0.15) is 0 Å². The largest absolute Gasteiger partial charge is 0.389 e. The molecular formula is C10H13FN2O3S. The molecule has 7 heteroatoms. The highest BCUT2D eigenvalue weighted by atomic mass is 32.2. The van der Waals surface area contributed by atoms with Crippen molar-refractivity contribution in [2.75, 3.05) is 6.54 Å². The van der Waals surface area contributed by atoms with Crippen LogP contribution in [0.15, 0.2) is 23.4 Å². The van der Waals surface area contributed by atoms with Crippen LogP contribution in [-0.4, -0.2) is 30.7 Å². The summed E-state index contributed by atoms with van der Waals surface area (Å²) in [5.74, 6) is -0.713. The Morgan fingerprint density at radius 2 is 2.18 bits per heavy atom. The van der Waals surface area contributed by atoms with Crippen molar-refractivity contribution in [3.63, 3.8) is 0 Å². The molecule has 0 aromatic carbocycles.